The third kappa shape index (κ3) is 4.66. The highest BCUT2D eigenvalue weighted by Crippen LogP contribution is 2.37. The largest absolute Gasteiger partial charge is 0.393 e. The molecular formula is C22H25F2N5O2. The zero-order chi connectivity index (χ0) is 21.8. The fourth-order valence-corrected chi connectivity index (χ4v) is 4.22. The van der Waals surface area contributed by atoms with Gasteiger partial charge in [0.2, 0.25) is 6.41 Å². The summed E-state index contributed by atoms with van der Waals surface area (Å²) < 4.78 is 29.3. The number of rotatable bonds is 4. The van der Waals surface area contributed by atoms with Gasteiger partial charge < -0.3 is 15.3 Å². The lowest BCUT2D eigenvalue weighted by atomic mass is 10.0. The molecule has 7 nitrogen and oxygen atoms in total. The minimum Gasteiger partial charge on any atom is -0.393 e. The van der Waals surface area contributed by atoms with Gasteiger partial charge in [0.15, 0.2) is 5.65 Å². The first kappa shape index (κ1) is 21.2. The maximum absolute atomic E-state index is 14.2. The van der Waals surface area contributed by atoms with E-state index in [4.69, 9.17) is 5.11 Å². The van der Waals surface area contributed by atoms with Crippen LogP contribution in [-0.4, -0.2) is 38.8 Å². The van der Waals surface area contributed by atoms with Crippen LogP contribution in [0.3, 0.4) is 0 Å². The van der Waals surface area contributed by atoms with Gasteiger partial charge in [-0.15, -0.1) is 0 Å². The molecule has 2 N–H and O–H groups in total. The summed E-state index contributed by atoms with van der Waals surface area (Å²) in [6.45, 7) is 0.689. The van der Waals surface area contributed by atoms with Gasteiger partial charge in [-0.2, -0.15) is 5.10 Å². The molecule has 1 saturated carbocycles. The molecule has 0 bridgehead atoms. The minimum absolute atomic E-state index is 0.0463. The average Bonchev–Trinajstić information content (AvgIpc) is 3.52. The van der Waals surface area contributed by atoms with Gasteiger partial charge in [-0.3, -0.25) is 4.79 Å². The van der Waals surface area contributed by atoms with E-state index in [9.17, 15) is 13.6 Å². The second kappa shape index (κ2) is 9.38. The number of anilines is 2. The van der Waals surface area contributed by atoms with E-state index in [0.29, 0.717) is 42.1 Å². The monoisotopic (exact) mass is 429 g/mol. The van der Waals surface area contributed by atoms with Gasteiger partial charge in [0.1, 0.15) is 23.1 Å². The molecule has 1 saturated heterocycles. The molecular weight excluding hydrogens is 404 g/mol. The first-order chi connectivity index (χ1) is 15.1. The van der Waals surface area contributed by atoms with E-state index in [0.717, 1.165) is 31.4 Å². The Morgan fingerprint density at radius 3 is 2.65 bits per heavy atom. The molecule has 2 fully saturated rings. The number of carbonyl (C=O) groups is 1. The van der Waals surface area contributed by atoms with Crippen LogP contribution in [0.5, 0.6) is 0 Å². The number of nitrogens with one attached hydrogen (secondary N) is 1. The van der Waals surface area contributed by atoms with Gasteiger partial charge in [-0.25, -0.2) is 18.3 Å². The van der Waals surface area contributed by atoms with Crippen LogP contribution in [0.15, 0.2) is 36.7 Å². The predicted molar refractivity (Wildman–Crippen MR) is 113 cm³/mol. The van der Waals surface area contributed by atoms with Crippen LogP contribution in [0.4, 0.5) is 20.3 Å². The summed E-state index contributed by atoms with van der Waals surface area (Å²) in [5.74, 6) is -0.250. The number of hydrogen-bond acceptors (Lipinski definition) is 5. The fraction of sp³-hybridized carbons (Fsp3) is 0.409. The Balaban J connectivity index is 0.000000334. The molecule has 164 valence electrons. The first-order valence-corrected chi connectivity index (χ1v) is 10.5. The van der Waals surface area contributed by atoms with Gasteiger partial charge in [-0.1, -0.05) is 12.8 Å². The van der Waals surface area contributed by atoms with E-state index in [-0.39, 0.29) is 12.1 Å². The molecule has 1 aliphatic carbocycles. The number of aromatic nitrogens is 3. The van der Waals surface area contributed by atoms with Crippen LogP contribution in [0, 0.1) is 11.6 Å². The predicted octanol–water partition coefficient (Wildman–Crippen LogP) is 3.84. The normalized spacial score (nSPS) is 18.8. The van der Waals surface area contributed by atoms with Crippen LogP contribution < -0.4 is 10.2 Å². The fourth-order valence-electron chi connectivity index (χ4n) is 4.22. The Hall–Kier alpha value is -3.07. The third-order valence-electron chi connectivity index (χ3n) is 5.76. The van der Waals surface area contributed by atoms with Crippen LogP contribution in [0.2, 0.25) is 0 Å². The maximum Gasteiger partial charge on any atom is 0.211 e. The zero-order valence-electron chi connectivity index (χ0n) is 17.0. The minimum atomic E-state index is -0.458. The van der Waals surface area contributed by atoms with Crippen LogP contribution in [0.25, 0.3) is 5.65 Å². The molecule has 0 radical (unpaired) electrons. The Labute approximate surface area is 178 Å². The summed E-state index contributed by atoms with van der Waals surface area (Å²) >= 11 is 0. The van der Waals surface area contributed by atoms with Crippen LogP contribution >= 0.6 is 0 Å². The van der Waals surface area contributed by atoms with E-state index in [1.807, 2.05) is 4.90 Å². The smallest absolute Gasteiger partial charge is 0.211 e. The summed E-state index contributed by atoms with van der Waals surface area (Å²) in [4.78, 5) is 17.2. The standard InChI is InChI=1S/C17H15F2N5O.C5H10O/c18-11-3-4-13(19)12(8-11)15-2-1-6-23(15)16-5-7-24-17(22-16)14(9-21-24)20-10-25;6-5-3-1-2-4-5/h3-5,7-10,15H,1-2,6H2,(H,20,25);5-6H,1-4H2. The number of aliphatic hydroxyl groups is 1. The van der Waals surface area contributed by atoms with Gasteiger partial charge in [-0.05, 0) is 49.9 Å². The molecule has 5 rings (SSSR count). The van der Waals surface area contributed by atoms with Gasteiger partial charge in [0.05, 0.1) is 18.3 Å². The molecule has 9 heteroatoms. The maximum atomic E-state index is 14.2. The van der Waals surface area contributed by atoms with Crippen LogP contribution in [-0.2, 0) is 4.79 Å². The van der Waals surface area contributed by atoms with Gasteiger partial charge in [0.25, 0.3) is 0 Å². The first-order valence-electron chi connectivity index (χ1n) is 10.5. The molecule has 1 aromatic carbocycles. The van der Waals surface area contributed by atoms with Crippen molar-refractivity contribution in [1.82, 2.24) is 14.6 Å². The number of benzene rings is 1. The summed E-state index contributed by atoms with van der Waals surface area (Å²) in [7, 11) is 0. The van der Waals surface area contributed by atoms with Crippen molar-refractivity contribution in [2.24, 2.45) is 0 Å². The molecule has 1 unspecified atom stereocenters. The highest BCUT2D eigenvalue weighted by atomic mass is 19.1. The Bertz CT molecular complexity index is 1050. The molecule has 0 spiro atoms. The molecule has 3 aromatic rings. The van der Waals surface area contributed by atoms with Crippen molar-refractivity contribution in [3.05, 3.63) is 53.9 Å². The number of fused-ring (bicyclic) bond motifs is 1. The van der Waals surface area contributed by atoms with E-state index < -0.39 is 11.6 Å². The topological polar surface area (TPSA) is 82.8 Å². The number of hydrogen-bond donors (Lipinski definition) is 2. The van der Waals surface area contributed by atoms with Crippen molar-refractivity contribution in [1.29, 1.82) is 0 Å². The van der Waals surface area contributed by atoms with Crippen LogP contribution in [0.1, 0.15) is 50.1 Å². The SMILES string of the molecule is O=CNc1cnn2ccc(N3CCCC3c3cc(F)ccc3F)nc12.OC1CCCC1. The van der Waals surface area contributed by atoms with Gasteiger partial charge in [0, 0.05) is 18.3 Å². The number of halogens is 2. The number of amides is 1. The summed E-state index contributed by atoms with van der Waals surface area (Å²) in [5, 5.41) is 15.4. The van der Waals surface area contributed by atoms with Crippen molar-refractivity contribution in [3.63, 3.8) is 0 Å². The molecule has 1 aliphatic heterocycles. The Morgan fingerprint density at radius 1 is 1.13 bits per heavy atom. The van der Waals surface area contributed by atoms with E-state index in [1.165, 1.54) is 25.1 Å². The highest BCUT2D eigenvalue weighted by molar-refractivity contribution is 5.80. The average molecular weight is 429 g/mol. The molecule has 31 heavy (non-hydrogen) atoms. The molecule has 3 heterocycles. The molecule has 1 amide bonds. The number of carbonyl (C=O) groups excluding carboxylic acids is 1. The lowest BCUT2D eigenvalue weighted by Crippen LogP contribution is -2.24. The van der Waals surface area contributed by atoms with Crippen molar-refractivity contribution < 1.29 is 18.7 Å². The second-order valence-electron chi connectivity index (χ2n) is 7.83. The summed E-state index contributed by atoms with van der Waals surface area (Å²) in [6, 6.07) is 5.01. The lowest BCUT2D eigenvalue weighted by Gasteiger charge is -2.26. The number of aliphatic hydroxyl groups excluding tert-OH is 1. The molecule has 1 atom stereocenters. The van der Waals surface area contributed by atoms with E-state index in [1.54, 1.807) is 16.8 Å². The third-order valence-corrected chi connectivity index (χ3v) is 5.76. The lowest BCUT2D eigenvalue weighted by molar-refractivity contribution is -0.105. The van der Waals surface area contributed by atoms with Crippen molar-refractivity contribution >= 4 is 23.6 Å². The van der Waals surface area contributed by atoms with E-state index >= 15 is 0 Å². The van der Waals surface area contributed by atoms with Crippen molar-refractivity contribution in [3.8, 4) is 0 Å². The highest BCUT2D eigenvalue weighted by Gasteiger charge is 2.30. The summed E-state index contributed by atoms with van der Waals surface area (Å²) in [5.41, 5.74) is 1.32. The Kier molecular flexibility index (Phi) is 6.41. The Morgan fingerprint density at radius 2 is 1.94 bits per heavy atom. The van der Waals surface area contributed by atoms with Crippen molar-refractivity contribution in [2.75, 3.05) is 16.8 Å². The second-order valence-corrected chi connectivity index (χ2v) is 7.83. The summed E-state index contributed by atoms with van der Waals surface area (Å²) in [6.07, 6.45) is 9.97. The van der Waals surface area contributed by atoms with E-state index in [2.05, 4.69) is 15.4 Å². The van der Waals surface area contributed by atoms with Gasteiger partial charge >= 0.3 is 0 Å². The zero-order valence-corrected chi connectivity index (χ0v) is 17.0. The molecule has 2 aromatic heterocycles. The molecule has 2 aliphatic rings. The number of nitrogens with zero attached hydrogens (tertiary/aromatic N) is 4. The van der Waals surface area contributed by atoms with Crippen molar-refractivity contribution in [2.45, 2.75) is 50.7 Å². The quantitative estimate of drug-likeness (QED) is 0.616.